The molecule has 0 aliphatic rings. The zero-order chi connectivity index (χ0) is 23.9. The number of halogens is 3. The average molecular weight is 457 g/mol. The third-order valence-corrected chi connectivity index (χ3v) is 5.34. The van der Waals surface area contributed by atoms with Crippen molar-refractivity contribution in [2.45, 2.75) is 51.7 Å². The first-order valence-electron chi connectivity index (χ1n) is 10.2. The number of nitrogens with one attached hydrogen (secondary N) is 1. The summed E-state index contributed by atoms with van der Waals surface area (Å²) in [6, 6.07) is -1.87. The van der Waals surface area contributed by atoms with Gasteiger partial charge in [0.05, 0.1) is 0 Å². The molecule has 3 nitrogen and oxygen atoms in total. The van der Waals surface area contributed by atoms with Crippen LogP contribution < -0.4 is 11.1 Å². The summed E-state index contributed by atoms with van der Waals surface area (Å²) in [6.45, 7) is 11.4. The van der Waals surface area contributed by atoms with Crippen molar-refractivity contribution in [1.82, 2.24) is 5.32 Å². The van der Waals surface area contributed by atoms with Crippen LogP contribution in [-0.2, 0) is 10.8 Å². The Hall–Kier alpha value is -2.12. The first kappa shape index (κ1) is 28.9. The van der Waals surface area contributed by atoms with Crippen LogP contribution in [0.2, 0.25) is 0 Å². The van der Waals surface area contributed by atoms with E-state index in [1.807, 2.05) is 6.08 Å². The van der Waals surface area contributed by atoms with Gasteiger partial charge in [-0.3, -0.25) is 4.21 Å². The predicted molar refractivity (Wildman–Crippen MR) is 128 cm³/mol. The topological polar surface area (TPSA) is 55.1 Å². The number of allylic oxidation sites excluding steroid dienone is 7. The lowest BCUT2D eigenvalue weighted by atomic mass is 9.99. The molecule has 0 aromatic rings. The van der Waals surface area contributed by atoms with Gasteiger partial charge in [0.25, 0.3) is 0 Å². The fourth-order valence-corrected chi connectivity index (χ4v) is 3.48. The zero-order valence-corrected chi connectivity index (χ0v) is 19.5. The van der Waals surface area contributed by atoms with Gasteiger partial charge in [-0.15, -0.1) is 0 Å². The highest BCUT2D eigenvalue weighted by atomic mass is 32.2. The molecule has 0 saturated carbocycles. The molecule has 2 unspecified atom stereocenters. The van der Waals surface area contributed by atoms with Crippen LogP contribution in [0.4, 0.5) is 13.2 Å². The minimum atomic E-state index is -4.48. The van der Waals surface area contributed by atoms with Crippen molar-refractivity contribution >= 4 is 10.8 Å². The Kier molecular flexibility index (Phi) is 14.6. The van der Waals surface area contributed by atoms with Crippen molar-refractivity contribution in [1.29, 1.82) is 0 Å². The highest BCUT2D eigenvalue weighted by Crippen LogP contribution is 2.26. The highest BCUT2D eigenvalue weighted by Gasteiger charge is 2.40. The Bertz CT molecular complexity index is 759. The first-order chi connectivity index (χ1) is 14.7. The lowest BCUT2D eigenvalue weighted by Gasteiger charge is -2.22. The fourth-order valence-electron chi connectivity index (χ4n) is 2.83. The molecule has 0 heterocycles. The van der Waals surface area contributed by atoms with Crippen molar-refractivity contribution in [3.8, 4) is 0 Å². The van der Waals surface area contributed by atoms with E-state index in [0.29, 0.717) is 4.91 Å². The van der Waals surface area contributed by atoms with Crippen LogP contribution in [0.5, 0.6) is 0 Å². The van der Waals surface area contributed by atoms with Crippen molar-refractivity contribution in [2.75, 3.05) is 12.8 Å². The van der Waals surface area contributed by atoms with Crippen molar-refractivity contribution in [3.05, 3.63) is 83.5 Å². The van der Waals surface area contributed by atoms with Gasteiger partial charge in [0.2, 0.25) is 0 Å². The molecule has 0 saturated heterocycles. The van der Waals surface area contributed by atoms with Crippen molar-refractivity contribution < 1.29 is 17.4 Å². The molecule has 0 aromatic carbocycles. The summed E-state index contributed by atoms with van der Waals surface area (Å²) in [6.07, 6.45) is 12.7. The molecule has 0 amide bonds. The zero-order valence-electron chi connectivity index (χ0n) is 18.7. The number of rotatable bonds is 14. The van der Waals surface area contributed by atoms with Crippen molar-refractivity contribution in [3.63, 3.8) is 0 Å². The predicted octanol–water partition coefficient (Wildman–Crippen LogP) is 5.99. The average Bonchev–Trinajstić information content (AvgIpc) is 2.71. The van der Waals surface area contributed by atoms with Crippen LogP contribution >= 0.6 is 0 Å². The van der Waals surface area contributed by atoms with E-state index in [1.54, 1.807) is 37.5 Å². The normalized spacial score (nSPS) is 16.5. The number of nitrogens with two attached hydrogens (primary N) is 1. The number of alkyl halides is 3. The summed E-state index contributed by atoms with van der Waals surface area (Å²) in [5.74, 6) is 0. The molecule has 7 heteroatoms. The molecule has 0 fully saturated rings. The Morgan fingerprint density at radius 1 is 1.29 bits per heavy atom. The van der Waals surface area contributed by atoms with E-state index in [2.05, 4.69) is 25.4 Å². The van der Waals surface area contributed by atoms with Gasteiger partial charge in [-0.05, 0) is 61.7 Å². The van der Waals surface area contributed by atoms with E-state index >= 15 is 0 Å². The quantitative estimate of drug-likeness (QED) is 0.249. The molecule has 0 bridgehead atoms. The Labute approximate surface area is 187 Å². The molecule has 0 spiro atoms. The van der Waals surface area contributed by atoms with Crippen LogP contribution in [0.25, 0.3) is 0 Å². The maximum absolute atomic E-state index is 13.4. The molecule has 0 rings (SSSR count). The maximum atomic E-state index is 13.4. The molecule has 31 heavy (non-hydrogen) atoms. The molecule has 174 valence electrons. The Morgan fingerprint density at radius 3 is 2.42 bits per heavy atom. The van der Waals surface area contributed by atoms with Crippen LogP contribution in [0.3, 0.4) is 0 Å². The van der Waals surface area contributed by atoms with Gasteiger partial charge in [0, 0.05) is 22.0 Å². The summed E-state index contributed by atoms with van der Waals surface area (Å²) >= 11 is 0. The molecule has 0 aliphatic heterocycles. The van der Waals surface area contributed by atoms with E-state index in [-0.39, 0.29) is 18.5 Å². The third-order valence-electron chi connectivity index (χ3n) is 4.39. The van der Waals surface area contributed by atoms with Gasteiger partial charge in [-0.1, -0.05) is 63.0 Å². The molecule has 3 N–H and O–H groups in total. The van der Waals surface area contributed by atoms with Crippen LogP contribution in [-0.4, -0.2) is 29.2 Å². The van der Waals surface area contributed by atoms with Gasteiger partial charge in [-0.25, -0.2) is 0 Å². The van der Waals surface area contributed by atoms with E-state index in [0.717, 1.165) is 36.6 Å². The van der Waals surface area contributed by atoms with Crippen LogP contribution in [0, 0.1) is 0 Å². The molecule has 0 aromatic heterocycles. The number of hydrogen-bond acceptors (Lipinski definition) is 3. The van der Waals surface area contributed by atoms with E-state index in [9.17, 15) is 17.4 Å². The lowest BCUT2D eigenvalue weighted by Crippen LogP contribution is -2.44. The maximum Gasteiger partial charge on any atom is 0.407 e. The van der Waals surface area contributed by atoms with Crippen molar-refractivity contribution in [2.24, 2.45) is 5.73 Å². The van der Waals surface area contributed by atoms with Gasteiger partial charge < -0.3 is 11.1 Å². The summed E-state index contributed by atoms with van der Waals surface area (Å²) in [7, 11) is -1.31. The van der Waals surface area contributed by atoms with E-state index < -0.39 is 23.0 Å². The first-order valence-corrected chi connectivity index (χ1v) is 11.8. The number of unbranched alkanes of at least 4 members (excludes halogenated alkanes) is 1. The molecular formula is C24H35F3N2OS. The van der Waals surface area contributed by atoms with Gasteiger partial charge in [0.1, 0.15) is 6.04 Å². The Morgan fingerprint density at radius 2 is 1.97 bits per heavy atom. The second kappa shape index (κ2) is 15.6. The van der Waals surface area contributed by atoms with Gasteiger partial charge in [-0.2, -0.15) is 13.2 Å². The molecular weight excluding hydrogens is 421 g/mol. The molecule has 2 atom stereocenters. The third kappa shape index (κ3) is 11.2. The minimum absolute atomic E-state index is 0.0439. The summed E-state index contributed by atoms with van der Waals surface area (Å²) in [4.78, 5) is 0.537. The molecule has 0 aliphatic carbocycles. The lowest BCUT2D eigenvalue weighted by molar-refractivity contribution is -0.146. The summed E-state index contributed by atoms with van der Waals surface area (Å²) in [5, 5.41) is 2.49. The Balaban J connectivity index is 5.56. The van der Waals surface area contributed by atoms with Crippen LogP contribution in [0.1, 0.15) is 39.5 Å². The minimum Gasteiger partial charge on any atom is -0.404 e. The second-order valence-electron chi connectivity index (χ2n) is 6.78. The largest absolute Gasteiger partial charge is 0.407 e. The summed E-state index contributed by atoms with van der Waals surface area (Å²) < 4.78 is 52.4. The van der Waals surface area contributed by atoms with E-state index in [1.165, 1.54) is 12.2 Å². The summed E-state index contributed by atoms with van der Waals surface area (Å²) in [5.41, 5.74) is 7.18. The van der Waals surface area contributed by atoms with E-state index in [4.69, 9.17) is 5.73 Å². The second-order valence-corrected chi connectivity index (χ2v) is 8.16. The van der Waals surface area contributed by atoms with Gasteiger partial charge >= 0.3 is 6.18 Å². The SMILES string of the molecule is C=C/C=C(CCCC)/C(C=C)=C/C(=C\CCNC(C(/C=C\C)=C/N)C(F)(F)F)S(C)=O. The monoisotopic (exact) mass is 456 g/mol. The smallest absolute Gasteiger partial charge is 0.404 e. The standard InChI is InChI=1S/C24H35F3N2OS/c1-6-10-14-20(12-7-2)19(9-4)17-22(31(5)30)15-11-16-29-23(24(25,26)27)21(18-28)13-8-3/h7-9,12-13,15,17-18,23,29H,2,4,6,10-11,14,16,28H2,1,3,5H3/b13-8-,19-17+,20-12+,21-18+,22-15+. The van der Waals surface area contributed by atoms with Crippen LogP contribution in [0.15, 0.2) is 83.5 Å². The fraction of sp³-hybridized carbons (Fsp3) is 0.417. The van der Waals surface area contributed by atoms with Gasteiger partial charge in [0.15, 0.2) is 0 Å². The molecule has 0 radical (unpaired) electrons. The number of hydrogen-bond donors (Lipinski definition) is 2. The highest BCUT2D eigenvalue weighted by molar-refractivity contribution is 7.88.